The number of thiophene rings is 1. The summed E-state index contributed by atoms with van der Waals surface area (Å²) in [6.07, 6.45) is 1.01. The van der Waals surface area contributed by atoms with E-state index in [0.717, 1.165) is 32.8 Å². The van der Waals surface area contributed by atoms with Crippen LogP contribution in [-0.4, -0.2) is 43.5 Å². The Bertz CT molecular complexity index is 416. The Labute approximate surface area is 121 Å². The van der Waals surface area contributed by atoms with E-state index >= 15 is 0 Å². The van der Waals surface area contributed by atoms with Crippen molar-refractivity contribution in [3.8, 4) is 0 Å². The van der Waals surface area contributed by atoms with E-state index in [1.807, 2.05) is 13.1 Å². The molecule has 0 amide bonds. The van der Waals surface area contributed by atoms with Gasteiger partial charge in [-0.1, -0.05) is 0 Å². The molecule has 0 radical (unpaired) electrons. The maximum absolute atomic E-state index is 12.1. The number of Topliss-reactive ketones (excluding diaryl/α,β-unsaturated/α-hetero) is 1. The second-order valence-corrected chi connectivity index (χ2v) is 7.84. The number of hydrogen-bond donors (Lipinski definition) is 0. The monoisotopic (exact) mass is 381 g/mol. The first-order valence-corrected chi connectivity index (χ1v) is 7.74. The van der Waals surface area contributed by atoms with Crippen molar-refractivity contribution in [2.24, 2.45) is 0 Å². The third kappa shape index (κ3) is 3.38. The van der Waals surface area contributed by atoms with E-state index in [2.05, 4.69) is 36.8 Å². The van der Waals surface area contributed by atoms with Crippen LogP contribution >= 0.6 is 43.2 Å². The fourth-order valence-electron chi connectivity index (χ4n) is 1.84. The lowest BCUT2D eigenvalue weighted by molar-refractivity contribution is 0.0907. The van der Waals surface area contributed by atoms with Crippen LogP contribution in [0.25, 0.3) is 0 Å². The first-order valence-electron chi connectivity index (χ1n) is 5.34. The van der Waals surface area contributed by atoms with Crippen LogP contribution in [0.5, 0.6) is 0 Å². The molecule has 1 aliphatic rings. The third-order valence-electron chi connectivity index (χ3n) is 2.88. The highest BCUT2D eigenvalue weighted by Crippen LogP contribution is 2.32. The number of rotatable bonds is 4. The van der Waals surface area contributed by atoms with Gasteiger partial charge in [0.25, 0.3) is 0 Å². The summed E-state index contributed by atoms with van der Waals surface area (Å²) in [7, 11) is 1.98. The van der Waals surface area contributed by atoms with Gasteiger partial charge in [-0.2, -0.15) is 0 Å². The number of carbonyl (C=O) groups excluding carboxylic acids is 1. The lowest BCUT2D eigenvalue weighted by Gasteiger charge is -2.21. The molecule has 3 nitrogen and oxygen atoms in total. The van der Waals surface area contributed by atoms with Gasteiger partial charge < -0.3 is 4.74 Å². The molecule has 1 aromatic rings. The molecule has 0 N–H and O–H groups in total. The molecule has 0 saturated carbocycles. The van der Waals surface area contributed by atoms with E-state index < -0.39 is 0 Å². The number of carbonyl (C=O) groups is 1. The zero-order valence-electron chi connectivity index (χ0n) is 9.41. The van der Waals surface area contributed by atoms with Crippen LogP contribution in [0, 0.1) is 0 Å². The topological polar surface area (TPSA) is 29.5 Å². The molecule has 0 spiro atoms. The van der Waals surface area contributed by atoms with Crippen molar-refractivity contribution in [1.29, 1.82) is 0 Å². The summed E-state index contributed by atoms with van der Waals surface area (Å²) >= 11 is 8.33. The maximum Gasteiger partial charge on any atom is 0.178 e. The van der Waals surface area contributed by atoms with Crippen molar-refractivity contribution in [2.75, 3.05) is 26.8 Å². The van der Waals surface area contributed by atoms with Gasteiger partial charge in [0.05, 0.1) is 20.7 Å². The zero-order valence-corrected chi connectivity index (χ0v) is 13.4. The van der Waals surface area contributed by atoms with E-state index in [1.54, 1.807) is 0 Å². The predicted molar refractivity (Wildman–Crippen MR) is 75.9 cm³/mol. The van der Waals surface area contributed by atoms with Gasteiger partial charge >= 0.3 is 0 Å². The number of hydrogen-bond acceptors (Lipinski definition) is 4. The Hall–Kier alpha value is 0.250. The van der Waals surface area contributed by atoms with Crippen molar-refractivity contribution in [3.63, 3.8) is 0 Å². The third-order valence-corrected chi connectivity index (χ3v) is 5.22. The van der Waals surface area contributed by atoms with Crippen LogP contribution in [0.15, 0.2) is 13.6 Å². The molecular weight excluding hydrogens is 370 g/mol. The van der Waals surface area contributed by atoms with Crippen molar-refractivity contribution in [2.45, 2.75) is 12.5 Å². The zero-order chi connectivity index (χ0) is 12.4. The molecule has 1 saturated heterocycles. The van der Waals surface area contributed by atoms with Gasteiger partial charge in [-0.3, -0.25) is 9.69 Å². The standard InChI is InChI=1S/C11H13Br2NO2S/c1-14(7-2-3-16-6-7)5-9(15)8-4-10(12)17-11(8)13/h4,7H,2-3,5-6H2,1H3. The number of likely N-dealkylation sites (N-methyl/N-ethyl adjacent to an activating group) is 1. The fraction of sp³-hybridized carbons (Fsp3) is 0.545. The maximum atomic E-state index is 12.1. The molecule has 2 rings (SSSR count). The minimum atomic E-state index is 0.147. The van der Waals surface area contributed by atoms with Gasteiger partial charge in [-0.15, -0.1) is 11.3 Å². The van der Waals surface area contributed by atoms with E-state index in [4.69, 9.17) is 4.74 Å². The molecule has 1 atom stereocenters. The second-order valence-electron chi connectivity index (χ2n) is 4.09. The fourth-order valence-corrected chi connectivity index (χ4v) is 4.70. The Kier molecular flexibility index (Phi) is 4.77. The largest absolute Gasteiger partial charge is 0.380 e. The molecule has 2 heterocycles. The SMILES string of the molecule is CN(CC(=O)c1cc(Br)sc1Br)C1CCOC1. The minimum absolute atomic E-state index is 0.147. The van der Waals surface area contributed by atoms with E-state index in [-0.39, 0.29) is 5.78 Å². The first-order chi connectivity index (χ1) is 8.08. The highest BCUT2D eigenvalue weighted by molar-refractivity contribution is 9.12. The van der Waals surface area contributed by atoms with Gasteiger partial charge in [0.2, 0.25) is 0 Å². The molecule has 1 fully saturated rings. The average molecular weight is 383 g/mol. The highest BCUT2D eigenvalue weighted by atomic mass is 79.9. The number of ether oxygens (including phenoxy) is 1. The number of nitrogens with zero attached hydrogens (tertiary/aromatic N) is 1. The lowest BCUT2D eigenvalue weighted by atomic mass is 10.2. The Morgan fingerprint density at radius 2 is 2.41 bits per heavy atom. The highest BCUT2D eigenvalue weighted by Gasteiger charge is 2.23. The van der Waals surface area contributed by atoms with E-state index in [9.17, 15) is 4.79 Å². The van der Waals surface area contributed by atoms with Crippen molar-refractivity contribution >= 4 is 49.0 Å². The molecule has 0 bridgehead atoms. The lowest BCUT2D eigenvalue weighted by Crippen LogP contribution is -2.36. The van der Waals surface area contributed by atoms with Crippen molar-refractivity contribution < 1.29 is 9.53 Å². The summed E-state index contributed by atoms with van der Waals surface area (Å²) in [5, 5.41) is 0. The van der Waals surface area contributed by atoms with Crippen LogP contribution in [0.4, 0.5) is 0 Å². The van der Waals surface area contributed by atoms with Crippen LogP contribution in [0.2, 0.25) is 0 Å². The summed E-state index contributed by atoms with van der Waals surface area (Å²) in [5.74, 6) is 0.147. The van der Waals surface area contributed by atoms with Crippen molar-refractivity contribution in [3.05, 3.63) is 19.2 Å². The van der Waals surface area contributed by atoms with Crippen molar-refractivity contribution in [1.82, 2.24) is 4.90 Å². The Morgan fingerprint density at radius 3 is 2.94 bits per heavy atom. The van der Waals surface area contributed by atoms with Crippen LogP contribution in [0.3, 0.4) is 0 Å². The second kappa shape index (κ2) is 5.93. The van der Waals surface area contributed by atoms with Gasteiger partial charge in [0.1, 0.15) is 0 Å². The molecule has 0 aromatic carbocycles. The Balaban J connectivity index is 1.98. The molecule has 6 heteroatoms. The normalized spacial score (nSPS) is 20.1. The van der Waals surface area contributed by atoms with Crippen LogP contribution < -0.4 is 0 Å². The van der Waals surface area contributed by atoms with E-state index in [1.165, 1.54) is 11.3 Å². The molecule has 94 valence electrons. The summed E-state index contributed by atoms with van der Waals surface area (Å²) in [6.45, 7) is 1.98. The van der Waals surface area contributed by atoms with Gasteiger partial charge in [0.15, 0.2) is 5.78 Å². The summed E-state index contributed by atoms with van der Waals surface area (Å²) < 4.78 is 7.19. The van der Waals surface area contributed by atoms with Gasteiger partial charge in [0, 0.05) is 18.2 Å². The van der Waals surface area contributed by atoms with Gasteiger partial charge in [-0.25, -0.2) is 0 Å². The summed E-state index contributed by atoms with van der Waals surface area (Å²) in [4.78, 5) is 14.2. The molecule has 0 aliphatic carbocycles. The quantitative estimate of drug-likeness (QED) is 0.749. The number of halogens is 2. The van der Waals surface area contributed by atoms with Crippen LogP contribution in [0.1, 0.15) is 16.8 Å². The molecule has 17 heavy (non-hydrogen) atoms. The smallest absolute Gasteiger partial charge is 0.178 e. The summed E-state index contributed by atoms with van der Waals surface area (Å²) in [6, 6.07) is 2.25. The predicted octanol–water partition coefficient (Wildman–Crippen LogP) is 3.18. The van der Waals surface area contributed by atoms with Crippen LogP contribution in [-0.2, 0) is 4.74 Å². The van der Waals surface area contributed by atoms with E-state index in [0.29, 0.717) is 12.6 Å². The molecular formula is C11H13Br2NO2S. The summed E-state index contributed by atoms with van der Waals surface area (Å²) in [5.41, 5.74) is 0.757. The molecule has 1 aliphatic heterocycles. The Morgan fingerprint density at radius 1 is 1.65 bits per heavy atom. The first kappa shape index (κ1) is 13.7. The van der Waals surface area contributed by atoms with Gasteiger partial charge in [-0.05, 0) is 51.4 Å². The minimum Gasteiger partial charge on any atom is -0.380 e. The number of ketones is 1. The average Bonchev–Trinajstić information content (AvgIpc) is 2.87. The molecule has 1 unspecified atom stereocenters. The molecule has 1 aromatic heterocycles.